The van der Waals surface area contributed by atoms with E-state index in [9.17, 15) is 4.79 Å². The molecule has 3 nitrogen and oxygen atoms in total. The number of nitrogens with two attached hydrogens (primary N) is 1. The molecule has 0 aliphatic heterocycles. The molecule has 0 unspecified atom stereocenters. The van der Waals surface area contributed by atoms with Crippen LogP contribution in [-0.2, 0) is 4.74 Å². The van der Waals surface area contributed by atoms with Gasteiger partial charge in [0.2, 0.25) is 0 Å². The minimum absolute atomic E-state index is 0. The maximum absolute atomic E-state index is 10.0. The predicted octanol–water partition coefficient (Wildman–Crippen LogP) is -0.495. The van der Waals surface area contributed by atoms with Gasteiger partial charge in [0.05, 0.1) is 0 Å². The second kappa shape index (κ2) is 9.95. The molecule has 0 heterocycles. The van der Waals surface area contributed by atoms with E-state index in [1.54, 1.807) is 20.8 Å². The van der Waals surface area contributed by atoms with E-state index >= 15 is 0 Å². The number of ether oxygens (including phenoxy) is 1. The number of hydrogen-bond acceptors (Lipinski definition) is 2. The molecule has 0 rings (SSSR count). The number of hydrogen-bond donors (Lipinski definition) is 1. The third-order valence-corrected chi connectivity index (χ3v) is 0.760. The third-order valence-electron chi connectivity index (χ3n) is 0.760. The zero-order chi connectivity index (χ0) is 10.2. The van der Waals surface area contributed by atoms with Crippen LogP contribution in [0.25, 0.3) is 0 Å². The van der Waals surface area contributed by atoms with E-state index in [-0.39, 0.29) is 18.9 Å². The molecule has 74 valence electrons. The summed E-state index contributed by atoms with van der Waals surface area (Å²) in [7, 11) is 0. The first-order valence-electron chi connectivity index (χ1n) is 4.11. The minimum atomic E-state index is -0.725. The van der Waals surface area contributed by atoms with E-state index < -0.39 is 11.7 Å². The molecule has 13 heavy (non-hydrogen) atoms. The van der Waals surface area contributed by atoms with Gasteiger partial charge in [-0.2, -0.15) is 6.42 Å². The van der Waals surface area contributed by atoms with E-state index in [4.69, 9.17) is 5.73 Å². The van der Waals surface area contributed by atoms with Crippen molar-refractivity contribution < 1.29 is 28.4 Å². The number of unbranched alkanes of at least 4 members (excludes halogenated alkanes) is 1. The summed E-state index contributed by atoms with van der Waals surface area (Å²) in [5, 5.41) is 0. The molecule has 0 aromatic carbocycles. The second-order valence-electron chi connectivity index (χ2n) is 3.39. The monoisotopic (exact) mass is 181 g/mol. The second-order valence-corrected chi connectivity index (χ2v) is 3.39. The van der Waals surface area contributed by atoms with Crippen LogP contribution in [0.1, 0.15) is 40.5 Å². The molecule has 0 aliphatic carbocycles. The fourth-order valence-electron chi connectivity index (χ4n) is 0.302. The maximum Gasteiger partial charge on any atom is 1.00 e. The Morgan fingerprint density at radius 1 is 1.46 bits per heavy atom. The van der Waals surface area contributed by atoms with Gasteiger partial charge < -0.3 is 17.4 Å². The smallest absolute Gasteiger partial charge is 0.444 e. The molecule has 2 N–H and O–H groups in total. The predicted molar refractivity (Wildman–Crippen MR) is 50.7 cm³/mol. The van der Waals surface area contributed by atoms with Gasteiger partial charge in [0.25, 0.3) is 0 Å². The molecule has 0 fully saturated rings. The molecule has 0 spiro atoms. The van der Waals surface area contributed by atoms with Crippen molar-refractivity contribution >= 4 is 6.09 Å². The Labute approximate surface area is 93.6 Å². The first-order valence-corrected chi connectivity index (χ1v) is 4.11. The maximum atomic E-state index is 10.0. The molecule has 0 bridgehead atoms. The van der Waals surface area contributed by atoms with Crippen LogP contribution in [0.3, 0.4) is 0 Å². The largest absolute Gasteiger partial charge is 1.00 e. The number of carbonyl (C=O) groups is 1. The summed E-state index contributed by atoms with van der Waals surface area (Å²) in [5.74, 6) is 0. The molecule has 0 radical (unpaired) electrons. The van der Waals surface area contributed by atoms with Crippen LogP contribution < -0.4 is 24.6 Å². The third kappa shape index (κ3) is 33.6. The van der Waals surface area contributed by atoms with Crippen LogP contribution >= 0.6 is 0 Å². The summed E-state index contributed by atoms with van der Waals surface area (Å²) in [6, 6.07) is 0. The van der Waals surface area contributed by atoms with E-state index in [0.29, 0.717) is 0 Å². The molecular weight excluding hydrogens is 161 g/mol. The Kier molecular flexibility index (Phi) is 14.2. The van der Waals surface area contributed by atoms with Crippen molar-refractivity contribution in [2.45, 2.75) is 46.1 Å². The SMILES string of the molecule is CC(C)(C)OC(N)=O.[CH2-]CCC.[Li+]. The Bertz CT molecular complexity index is 119. The van der Waals surface area contributed by atoms with Crippen LogP contribution in [0.15, 0.2) is 0 Å². The van der Waals surface area contributed by atoms with Crippen molar-refractivity contribution in [3.8, 4) is 0 Å². The topological polar surface area (TPSA) is 52.3 Å². The molecule has 0 atom stereocenters. The summed E-state index contributed by atoms with van der Waals surface area (Å²) in [4.78, 5) is 10.0. The quantitative estimate of drug-likeness (QED) is 0.438. The molecular formula is C9H20LiNO2. The summed E-state index contributed by atoms with van der Waals surface area (Å²) >= 11 is 0. The molecule has 4 heteroatoms. The number of primary amides is 1. The molecule has 1 amide bonds. The van der Waals surface area contributed by atoms with E-state index in [2.05, 4.69) is 18.6 Å². The van der Waals surface area contributed by atoms with Crippen molar-refractivity contribution in [1.82, 2.24) is 0 Å². The normalized spacial score (nSPS) is 9.00. The van der Waals surface area contributed by atoms with Gasteiger partial charge in [0.15, 0.2) is 0 Å². The number of carbonyl (C=O) groups excluding carboxylic acids is 1. The zero-order valence-corrected chi connectivity index (χ0v) is 9.52. The van der Waals surface area contributed by atoms with Crippen molar-refractivity contribution in [3.05, 3.63) is 6.92 Å². The Hall–Kier alpha value is -0.133. The van der Waals surface area contributed by atoms with Gasteiger partial charge in [-0.15, -0.1) is 0 Å². The molecule has 0 saturated carbocycles. The molecule has 0 saturated heterocycles. The summed E-state index contributed by atoms with van der Waals surface area (Å²) in [5.41, 5.74) is 4.26. The van der Waals surface area contributed by atoms with Crippen molar-refractivity contribution in [2.75, 3.05) is 0 Å². The summed E-state index contributed by atoms with van der Waals surface area (Å²) < 4.78 is 4.58. The Morgan fingerprint density at radius 3 is 1.77 bits per heavy atom. The first kappa shape index (κ1) is 18.6. The van der Waals surface area contributed by atoms with Gasteiger partial charge in [-0.1, -0.05) is 13.3 Å². The average molecular weight is 181 g/mol. The van der Waals surface area contributed by atoms with Gasteiger partial charge in [-0.25, -0.2) is 4.79 Å². The standard InChI is InChI=1S/C5H11NO2.C4H9.Li/c1-5(2,3)8-4(6)7;1-3-4-2;/h1-3H3,(H2,6,7);1,3-4H2,2H3;/q;-1;+1. The summed E-state index contributed by atoms with van der Waals surface area (Å²) in [6.07, 6.45) is 1.55. The Balaban J connectivity index is -0.000000173. The van der Waals surface area contributed by atoms with Crippen LogP contribution in [-0.4, -0.2) is 11.7 Å². The van der Waals surface area contributed by atoms with Crippen molar-refractivity contribution in [1.29, 1.82) is 0 Å². The van der Waals surface area contributed by atoms with E-state index in [0.717, 1.165) is 6.42 Å². The molecule has 0 aromatic heterocycles. The van der Waals surface area contributed by atoms with Crippen LogP contribution in [0, 0.1) is 6.92 Å². The fourth-order valence-corrected chi connectivity index (χ4v) is 0.302. The number of rotatable bonds is 1. The first-order chi connectivity index (χ1) is 5.33. The van der Waals surface area contributed by atoms with Gasteiger partial charge >= 0.3 is 25.0 Å². The molecule has 0 aliphatic rings. The van der Waals surface area contributed by atoms with E-state index in [1.165, 1.54) is 6.42 Å². The van der Waals surface area contributed by atoms with Crippen molar-refractivity contribution in [2.24, 2.45) is 5.73 Å². The van der Waals surface area contributed by atoms with Gasteiger partial charge in [-0.05, 0) is 20.8 Å². The zero-order valence-electron chi connectivity index (χ0n) is 9.52. The van der Waals surface area contributed by atoms with Crippen LogP contribution in [0.4, 0.5) is 4.79 Å². The van der Waals surface area contributed by atoms with Gasteiger partial charge in [-0.3, -0.25) is 0 Å². The Morgan fingerprint density at radius 2 is 1.77 bits per heavy atom. The van der Waals surface area contributed by atoms with E-state index in [1.807, 2.05) is 0 Å². The average Bonchev–Trinajstić information content (AvgIpc) is 1.83. The van der Waals surface area contributed by atoms with Crippen LogP contribution in [0.2, 0.25) is 0 Å². The fraction of sp³-hybridized carbons (Fsp3) is 0.778. The van der Waals surface area contributed by atoms with Crippen molar-refractivity contribution in [3.63, 3.8) is 0 Å². The summed E-state index contributed by atoms with van der Waals surface area (Å²) in [6.45, 7) is 11.0. The van der Waals surface area contributed by atoms with Gasteiger partial charge in [0, 0.05) is 0 Å². The van der Waals surface area contributed by atoms with Gasteiger partial charge in [0.1, 0.15) is 5.60 Å². The minimum Gasteiger partial charge on any atom is -0.444 e. The number of amides is 1. The molecule has 0 aromatic rings. The van der Waals surface area contributed by atoms with Crippen LogP contribution in [0.5, 0.6) is 0 Å².